The van der Waals surface area contributed by atoms with E-state index in [1.165, 1.54) is 4.57 Å². The molecule has 1 aromatic heterocycles. The number of fused-ring (bicyclic) bond motifs is 1. The van der Waals surface area contributed by atoms with Crippen molar-refractivity contribution in [2.75, 3.05) is 46.3 Å². The van der Waals surface area contributed by atoms with E-state index in [1.54, 1.807) is 29.2 Å². The Labute approximate surface area is 192 Å². The Morgan fingerprint density at radius 2 is 1.81 bits per heavy atom. The highest BCUT2D eigenvalue weighted by atomic mass is 32.1. The molecule has 0 aliphatic carbocycles. The average Bonchev–Trinajstić information content (AvgIpc) is 2.81. The normalized spacial score (nSPS) is 18.2. The van der Waals surface area contributed by atoms with Gasteiger partial charge in [0, 0.05) is 57.3 Å². The number of allylic oxidation sites excluding steroid dienone is 1. The SMILES string of the molecule is C=CCn1c(=S)[nH]c2cc(C(=O)N3CCC(C(=O)N4CCN(C)CC4)CC3)ccc2c1=O. The summed E-state index contributed by atoms with van der Waals surface area (Å²) in [7, 11) is 2.07. The fourth-order valence-electron chi connectivity index (χ4n) is 4.48. The molecule has 2 aromatic rings. The summed E-state index contributed by atoms with van der Waals surface area (Å²) in [5, 5.41) is 0.480. The molecule has 4 rings (SSSR count). The Morgan fingerprint density at radius 3 is 2.47 bits per heavy atom. The molecule has 2 saturated heterocycles. The minimum atomic E-state index is -0.203. The fraction of sp³-hybridized carbons (Fsp3) is 0.478. The maximum Gasteiger partial charge on any atom is 0.262 e. The number of aromatic amines is 1. The molecule has 9 heteroatoms. The third kappa shape index (κ3) is 4.40. The number of aromatic nitrogens is 2. The number of rotatable bonds is 4. The molecular formula is C23H29N5O3S. The van der Waals surface area contributed by atoms with Gasteiger partial charge in [-0.1, -0.05) is 6.08 Å². The smallest absolute Gasteiger partial charge is 0.262 e. The van der Waals surface area contributed by atoms with E-state index in [4.69, 9.17) is 12.2 Å². The molecule has 170 valence electrons. The first kappa shape index (κ1) is 22.4. The lowest BCUT2D eigenvalue weighted by Crippen LogP contribution is -2.51. The summed E-state index contributed by atoms with van der Waals surface area (Å²) in [4.78, 5) is 47.6. The van der Waals surface area contributed by atoms with Crippen molar-refractivity contribution >= 4 is 34.9 Å². The second-order valence-electron chi connectivity index (χ2n) is 8.59. The van der Waals surface area contributed by atoms with E-state index in [1.807, 2.05) is 4.90 Å². The van der Waals surface area contributed by atoms with Crippen LogP contribution in [0.4, 0.5) is 0 Å². The van der Waals surface area contributed by atoms with Crippen LogP contribution in [0.3, 0.4) is 0 Å². The van der Waals surface area contributed by atoms with Gasteiger partial charge in [-0.15, -0.1) is 6.58 Å². The zero-order valence-electron chi connectivity index (χ0n) is 18.4. The van der Waals surface area contributed by atoms with Crippen molar-refractivity contribution in [1.82, 2.24) is 24.3 Å². The van der Waals surface area contributed by atoms with E-state index in [2.05, 4.69) is 23.5 Å². The van der Waals surface area contributed by atoms with Crippen LogP contribution in [0.25, 0.3) is 10.9 Å². The number of hydrogen-bond acceptors (Lipinski definition) is 5. The number of hydrogen-bond donors (Lipinski definition) is 1. The molecule has 2 aliphatic rings. The molecule has 1 N–H and O–H groups in total. The van der Waals surface area contributed by atoms with E-state index in [0.29, 0.717) is 53.7 Å². The maximum atomic E-state index is 13.1. The lowest BCUT2D eigenvalue weighted by molar-refractivity contribution is -0.138. The number of likely N-dealkylation sites (tertiary alicyclic amines) is 1. The highest BCUT2D eigenvalue weighted by molar-refractivity contribution is 7.71. The van der Waals surface area contributed by atoms with Crippen LogP contribution >= 0.6 is 12.2 Å². The third-order valence-electron chi connectivity index (χ3n) is 6.49. The Morgan fingerprint density at radius 1 is 1.12 bits per heavy atom. The van der Waals surface area contributed by atoms with Gasteiger partial charge in [-0.25, -0.2) is 0 Å². The first-order chi connectivity index (χ1) is 15.4. The molecule has 0 saturated carbocycles. The summed E-state index contributed by atoms with van der Waals surface area (Å²) < 4.78 is 1.74. The van der Waals surface area contributed by atoms with Gasteiger partial charge in [-0.2, -0.15) is 0 Å². The predicted molar refractivity (Wildman–Crippen MR) is 126 cm³/mol. The van der Waals surface area contributed by atoms with Gasteiger partial charge >= 0.3 is 0 Å². The topological polar surface area (TPSA) is 81.7 Å². The van der Waals surface area contributed by atoms with Gasteiger partial charge < -0.3 is 19.7 Å². The van der Waals surface area contributed by atoms with Crippen molar-refractivity contribution in [3.8, 4) is 0 Å². The number of likely N-dealkylation sites (N-methyl/N-ethyl adjacent to an activating group) is 1. The van der Waals surface area contributed by atoms with E-state index in [9.17, 15) is 14.4 Å². The number of H-pyrrole nitrogens is 1. The molecule has 3 heterocycles. The first-order valence-electron chi connectivity index (χ1n) is 11.0. The van der Waals surface area contributed by atoms with Crippen LogP contribution in [0.15, 0.2) is 35.6 Å². The second kappa shape index (κ2) is 9.38. The first-order valence-corrected chi connectivity index (χ1v) is 11.4. The number of amides is 2. The van der Waals surface area contributed by atoms with Gasteiger partial charge in [0.15, 0.2) is 4.77 Å². The quantitative estimate of drug-likeness (QED) is 0.562. The Hall–Kier alpha value is -2.78. The van der Waals surface area contributed by atoms with Gasteiger partial charge in [0.2, 0.25) is 5.91 Å². The number of carbonyl (C=O) groups is 2. The molecule has 0 spiro atoms. The third-order valence-corrected chi connectivity index (χ3v) is 6.81. The van der Waals surface area contributed by atoms with E-state index < -0.39 is 0 Å². The molecule has 0 unspecified atom stereocenters. The summed E-state index contributed by atoms with van der Waals surface area (Å²) >= 11 is 5.29. The Balaban J connectivity index is 1.44. The summed E-state index contributed by atoms with van der Waals surface area (Å²) in [6, 6.07) is 5.04. The van der Waals surface area contributed by atoms with Gasteiger partial charge in [-0.3, -0.25) is 19.0 Å². The second-order valence-corrected chi connectivity index (χ2v) is 8.98. The fourth-order valence-corrected chi connectivity index (χ4v) is 4.75. The van der Waals surface area contributed by atoms with Crippen molar-refractivity contribution in [3.63, 3.8) is 0 Å². The lowest BCUT2D eigenvalue weighted by atomic mass is 9.94. The van der Waals surface area contributed by atoms with Crippen LogP contribution in [0, 0.1) is 10.7 Å². The largest absolute Gasteiger partial charge is 0.340 e. The highest BCUT2D eigenvalue weighted by Crippen LogP contribution is 2.22. The molecule has 2 amide bonds. The van der Waals surface area contributed by atoms with E-state index in [-0.39, 0.29) is 23.3 Å². The van der Waals surface area contributed by atoms with Gasteiger partial charge in [0.25, 0.3) is 11.5 Å². The molecule has 1 aromatic carbocycles. The minimum Gasteiger partial charge on any atom is -0.340 e. The van der Waals surface area contributed by atoms with Crippen LogP contribution in [-0.2, 0) is 11.3 Å². The van der Waals surface area contributed by atoms with Crippen molar-refractivity contribution < 1.29 is 9.59 Å². The minimum absolute atomic E-state index is 0.0153. The Bertz CT molecular complexity index is 1150. The summed E-state index contributed by atoms with van der Waals surface area (Å²) in [6.07, 6.45) is 2.98. The molecular weight excluding hydrogens is 426 g/mol. The van der Waals surface area contributed by atoms with Crippen LogP contribution in [0.5, 0.6) is 0 Å². The predicted octanol–water partition coefficient (Wildman–Crippen LogP) is 1.87. The van der Waals surface area contributed by atoms with Crippen LogP contribution in [0.2, 0.25) is 0 Å². The number of piperazine rings is 1. The number of benzene rings is 1. The zero-order valence-corrected chi connectivity index (χ0v) is 19.2. The summed E-state index contributed by atoms with van der Waals surface area (Å²) in [5.74, 6) is 0.116. The molecule has 0 bridgehead atoms. The lowest BCUT2D eigenvalue weighted by Gasteiger charge is -2.37. The van der Waals surface area contributed by atoms with Crippen molar-refractivity contribution in [1.29, 1.82) is 0 Å². The Kier molecular flexibility index (Phi) is 6.57. The maximum absolute atomic E-state index is 13.1. The van der Waals surface area contributed by atoms with Crippen molar-refractivity contribution in [3.05, 3.63) is 51.5 Å². The summed E-state index contributed by atoms with van der Waals surface area (Å²) in [6.45, 7) is 8.47. The molecule has 8 nitrogen and oxygen atoms in total. The van der Waals surface area contributed by atoms with E-state index >= 15 is 0 Å². The molecule has 2 fully saturated rings. The average molecular weight is 456 g/mol. The van der Waals surface area contributed by atoms with Gasteiger partial charge in [-0.05, 0) is 50.3 Å². The van der Waals surface area contributed by atoms with Crippen LogP contribution in [0.1, 0.15) is 23.2 Å². The van der Waals surface area contributed by atoms with E-state index in [0.717, 1.165) is 26.2 Å². The van der Waals surface area contributed by atoms with Crippen molar-refractivity contribution in [2.45, 2.75) is 19.4 Å². The van der Waals surface area contributed by atoms with Gasteiger partial charge in [0.05, 0.1) is 10.9 Å². The molecule has 32 heavy (non-hydrogen) atoms. The van der Waals surface area contributed by atoms with Crippen LogP contribution < -0.4 is 5.56 Å². The number of nitrogens with zero attached hydrogens (tertiary/aromatic N) is 4. The molecule has 0 atom stereocenters. The van der Waals surface area contributed by atoms with Crippen LogP contribution in [-0.4, -0.2) is 82.4 Å². The standard InChI is InChI=1S/C23H29N5O3S/c1-3-8-28-22(31)18-5-4-17(15-19(18)24-23(28)32)21(30)26-9-6-16(7-10-26)20(29)27-13-11-25(2)12-14-27/h3-5,15-16H,1,6-14H2,2H3,(H,24,32). The monoisotopic (exact) mass is 455 g/mol. The van der Waals surface area contributed by atoms with Crippen molar-refractivity contribution in [2.24, 2.45) is 5.92 Å². The molecule has 0 radical (unpaired) electrons. The number of piperidine rings is 1. The highest BCUT2D eigenvalue weighted by Gasteiger charge is 2.31. The number of nitrogens with one attached hydrogen (secondary N) is 1. The summed E-state index contributed by atoms with van der Waals surface area (Å²) in [5.41, 5.74) is 0.852. The zero-order chi connectivity index (χ0) is 22.8. The van der Waals surface area contributed by atoms with Gasteiger partial charge in [0.1, 0.15) is 0 Å². The number of carbonyl (C=O) groups excluding carboxylic acids is 2. The molecule has 2 aliphatic heterocycles.